The maximum atomic E-state index is 14.4. The molecule has 0 bridgehead atoms. The van der Waals surface area contributed by atoms with E-state index in [1.807, 2.05) is 24.3 Å². The number of aliphatic carboxylic acids is 1. The predicted molar refractivity (Wildman–Crippen MR) is 184 cm³/mol. The number of carbonyl (C=O) groups is 3. The molecule has 1 aliphatic rings. The van der Waals surface area contributed by atoms with E-state index in [2.05, 4.69) is 20.3 Å². The summed E-state index contributed by atoms with van der Waals surface area (Å²) in [5, 5.41) is 16.2. The lowest BCUT2D eigenvalue weighted by molar-refractivity contribution is -0.143. The molecule has 3 aromatic rings. The van der Waals surface area contributed by atoms with Gasteiger partial charge in [0.25, 0.3) is 0 Å². The van der Waals surface area contributed by atoms with E-state index in [1.165, 1.54) is 0 Å². The van der Waals surface area contributed by atoms with Crippen LogP contribution in [-0.2, 0) is 41.8 Å². The van der Waals surface area contributed by atoms with Gasteiger partial charge in [-0.25, -0.2) is 17.9 Å². The Morgan fingerprint density at radius 1 is 0.979 bits per heavy atom. The van der Waals surface area contributed by atoms with Crippen molar-refractivity contribution in [2.45, 2.75) is 75.7 Å². The van der Waals surface area contributed by atoms with Crippen molar-refractivity contribution in [3.05, 3.63) is 71.9 Å². The number of hydrogen-bond donors (Lipinski definition) is 7. The van der Waals surface area contributed by atoms with Crippen molar-refractivity contribution in [3.63, 3.8) is 0 Å². The van der Waals surface area contributed by atoms with E-state index in [9.17, 15) is 37.4 Å². The van der Waals surface area contributed by atoms with E-state index in [1.54, 1.807) is 36.5 Å². The van der Waals surface area contributed by atoms with Crippen LogP contribution in [0.2, 0.25) is 0 Å². The number of carboxylic acid groups (broad SMARTS) is 1. The summed E-state index contributed by atoms with van der Waals surface area (Å²) in [6.45, 7) is 0.352. The third-order valence-electron chi connectivity index (χ3n) is 8.96. The van der Waals surface area contributed by atoms with Crippen LogP contribution in [0.15, 0.2) is 60.8 Å². The third-order valence-corrected chi connectivity index (χ3v) is 12.0. The van der Waals surface area contributed by atoms with Gasteiger partial charge in [-0.2, -0.15) is 0 Å². The lowest BCUT2D eigenvalue weighted by Gasteiger charge is -2.34. The number of sulfonamides is 1. The van der Waals surface area contributed by atoms with Crippen LogP contribution in [0.4, 0.5) is 0 Å². The molecule has 4 atom stereocenters. The molecule has 13 nitrogen and oxygen atoms in total. The first-order valence-corrected chi connectivity index (χ1v) is 20.0. The molecule has 1 fully saturated rings. The van der Waals surface area contributed by atoms with Crippen LogP contribution in [-0.4, -0.2) is 78.0 Å². The van der Waals surface area contributed by atoms with Crippen molar-refractivity contribution in [1.82, 2.24) is 20.3 Å². The fraction of sp³-hybridized carbons (Fsp3) is 0.485. The molecule has 1 heterocycles. The molecule has 4 rings (SSSR count). The number of nitrogens with two attached hydrogens (primary N) is 1. The maximum absolute atomic E-state index is 14.4. The fourth-order valence-corrected chi connectivity index (χ4v) is 9.59. The van der Waals surface area contributed by atoms with Crippen LogP contribution in [0, 0.1) is 5.41 Å². The normalized spacial score (nSPS) is 17.6. The molecule has 2 aromatic carbocycles. The molecular weight excluding hydrogens is 657 g/mol. The number of H-pyrrole nitrogens is 1. The number of carbonyl (C=O) groups excluding carboxylic acids is 2. The number of hydrogen-bond acceptors (Lipinski definition) is 7. The van der Waals surface area contributed by atoms with E-state index in [4.69, 9.17) is 5.73 Å². The quantitative estimate of drug-likeness (QED) is 0.0764. The summed E-state index contributed by atoms with van der Waals surface area (Å²) in [7, 11) is -8.21. The summed E-state index contributed by atoms with van der Waals surface area (Å²) in [6.07, 6.45) is 4.98. The highest BCUT2D eigenvalue weighted by Gasteiger charge is 2.49. The molecule has 0 radical (unpaired) electrons. The van der Waals surface area contributed by atoms with Gasteiger partial charge < -0.3 is 31.4 Å². The van der Waals surface area contributed by atoms with Gasteiger partial charge in [0.05, 0.1) is 11.7 Å². The fourth-order valence-electron chi connectivity index (χ4n) is 6.48. The molecule has 1 saturated carbocycles. The second-order valence-electron chi connectivity index (χ2n) is 12.8. The zero-order valence-corrected chi connectivity index (χ0v) is 28.8. The summed E-state index contributed by atoms with van der Waals surface area (Å²) in [5.74, 6) is -3.97. The van der Waals surface area contributed by atoms with Crippen LogP contribution in [0.3, 0.4) is 0 Å². The topological polar surface area (TPSA) is 221 Å². The molecular formula is C33H46N5O8PS. The minimum atomic E-state index is -4.41. The SMILES string of the molecule is CS(=O)(=O)NC(CCCCN)C(=O)NC(Cc1ccccc1)P(=O)(O)CC1(C(=O)N[C@@H](Cc2c[nH]c3ccccc23)C(=O)O)CCCC1. The van der Waals surface area contributed by atoms with E-state index in [0.717, 1.165) is 17.2 Å². The number of amides is 2. The summed E-state index contributed by atoms with van der Waals surface area (Å²) >= 11 is 0. The summed E-state index contributed by atoms with van der Waals surface area (Å²) in [6, 6.07) is 13.7. The highest BCUT2D eigenvalue weighted by atomic mass is 32.2. The van der Waals surface area contributed by atoms with Crippen molar-refractivity contribution < 1.29 is 37.4 Å². The molecule has 8 N–H and O–H groups in total. The molecule has 0 saturated heterocycles. The van der Waals surface area contributed by atoms with Crippen LogP contribution in [0.25, 0.3) is 10.9 Å². The molecule has 3 unspecified atom stereocenters. The number of aromatic amines is 1. The Bertz CT molecular complexity index is 1730. The van der Waals surface area contributed by atoms with Gasteiger partial charge in [0.1, 0.15) is 17.9 Å². The standard InChI is InChI=1S/C33H46N5O8PS/c1-48(45,46)38-27(15-7-10-18-34)30(39)37-29(19-23-11-3-2-4-12-23)47(43,44)22-33(16-8-9-17-33)32(42)36-28(31(40)41)20-24-21-35-26-14-6-5-13-25(24)26/h2-6,11-14,21,27-29,35,38H,7-10,15-20,22,34H2,1H3,(H,36,42)(H,37,39)(H,40,41)(H,43,44)/t27?,28-,29?/m0/s1. The van der Waals surface area contributed by atoms with Gasteiger partial charge in [0.15, 0.2) is 0 Å². The van der Waals surface area contributed by atoms with Gasteiger partial charge >= 0.3 is 5.97 Å². The van der Waals surface area contributed by atoms with Crippen molar-refractivity contribution in [1.29, 1.82) is 0 Å². The molecule has 0 aliphatic heterocycles. The van der Waals surface area contributed by atoms with E-state index >= 15 is 0 Å². The number of rotatable bonds is 18. The maximum Gasteiger partial charge on any atom is 0.326 e. The highest BCUT2D eigenvalue weighted by molar-refractivity contribution is 7.88. The van der Waals surface area contributed by atoms with Gasteiger partial charge in [-0.3, -0.25) is 14.2 Å². The van der Waals surface area contributed by atoms with E-state index in [-0.39, 0.29) is 32.1 Å². The Hall–Kier alpha value is -3.55. The molecule has 0 spiro atoms. The number of benzene rings is 2. The van der Waals surface area contributed by atoms with E-state index < -0.39 is 64.6 Å². The Morgan fingerprint density at radius 3 is 2.29 bits per heavy atom. The second kappa shape index (κ2) is 16.2. The highest BCUT2D eigenvalue weighted by Crippen LogP contribution is 2.55. The summed E-state index contributed by atoms with van der Waals surface area (Å²) in [4.78, 5) is 54.7. The number of unbranched alkanes of at least 4 members (excludes halogenated alkanes) is 1. The monoisotopic (exact) mass is 703 g/mol. The minimum absolute atomic E-state index is 0.00350. The van der Waals surface area contributed by atoms with Gasteiger partial charge in [-0.15, -0.1) is 0 Å². The first kappa shape index (κ1) is 37.3. The minimum Gasteiger partial charge on any atom is -0.480 e. The van der Waals surface area contributed by atoms with Crippen molar-refractivity contribution in [3.8, 4) is 0 Å². The van der Waals surface area contributed by atoms with Gasteiger partial charge in [-0.05, 0) is 49.4 Å². The summed E-state index contributed by atoms with van der Waals surface area (Å²) < 4.78 is 40.9. The smallest absolute Gasteiger partial charge is 0.326 e. The number of para-hydroxylation sites is 1. The molecule has 262 valence electrons. The third kappa shape index (κ3) is 9.99. The number of carboxylic acids is 1. The zero-order valence-electron chi connectivity index (χ0n) is 27.1. The molecule has 48 heavy (non-hydrogen) atoms. The van der Waals surface area contributed by atoms with Gasteiger partial charge in [0, 0.05) is 36.1 Å². The first-order chi connectivity index (χ1) is 22.7. The van der Waals surface area contributed by atoms with Crippen LogP contribution >= 0.6 is 7.37 Å². The predicted octanol–water partition coefficient (Wildman–Crippen LogP) is 2.84. The number of fused-ring (bicyclic) bond motifs is 1. The Kier molecular flexibility index (Phi) is 12.6. The Morgan fingerprint density at radius 2 is 1.65 bits per heavy atom. The average Bonchev–Trinajstić information content (AvgIpc) is 3.67. The lowest BCUT2D eigenvalue weighted by atomic mass is 9.87. The van der Waals surface area contributed by atoms with Crippen LogP contribution < -0.4 is 21.1 Å². The largest absolute Gasteiger partial charge is 0.480 e. The van der Waals surface area contributed by atoms with Crippen molar-refractivity contribution in [2.24, 2.45) is 11.1 Å². The van der Waals surface area contributed by atoms with Crippen LogP contribution in [0.5, 0.6) is 0 Å². The number of nitrogens with one attached hydrogen (secondary N) is 4. The molecule has 15 heteroatoms. The van der Waals surface area contributed by atoms with Crippen molar-refractivity contribution >= 4 is 46.1 Å². The van der Waals surface area contributed by atoms with Gasteiger partial charge in [-0.1, -0.05) is 67.8 Å². The van der Waals surface area contributed by atoms with Crippen LogP contribution in [0.1, 0.15) is 56.1 Å². The number of aromatic nitrogens is 1. The van der Waals surface area contributed by atoms with E-state index in [0.29, 0.717) is 43.4 Å². The lowest BCUT2D eigenvalue weighted by Crippen LogP contribution is -2.52. The molecule has 2 amide bonds. The molecule has 1 aliphatic carbocycles. The zero-order chi connectivity index (χ0) is 35.0. The average molecular weight is 704 g/mol. The Balaban J connectivity index is 1.59. The van der Waals surface area contributed by atoms with Gasteiger partial charge in [0.2, 0.25) is 29.2 Å². The Labute approximate surface area is 281 Å². The second-order valence-corrected chi connectivity index (χ2v) is 17.0. The first-order valence-electron chi connectivity index (χ1n) is 16.1. The summed E-state index contributed by atoms with van der Waals surface area (Å²) in [5.41, 5.74) is 6.43. The molecule has 1 aromatic heterocycles. The van der Waals surface area contributed by atoms with Crippen molar-refractivity contribution in [2.75, 3.05) is 19.0 Å².